The molecule has 0 N–H and O–H groups in total. The third kappa shape index (κ3) is 3.33. The van der Waals surface area contributed by atoms with Gasteiger partial charge in [-0.2, -0.15) is 4.31 Å². The highest BCUT2D eigenvalue weighted by molar-refractivity contribution is 7.88. The highest BCUT2D eigenvalue weighted by atomic mass is 32.2. The van der Waals surface area contributed by atoms with Crippen LogP contribution in [-0.2, 0) is 15.8 Å². The zero-order valence-corrected chi connectivity index (χ0v) is 14.3. The van der Waals surface area contributed by atoms with Gasteiger partial charge in [0.1, 0.15) is 12.0 Å². The number of nitrogens with zero attached hydrogens (tertiary/aromatic N) is 2. The molecule has 1 aromatic heterocycles. The molecule has 0 bridgehead atoms. The average Bonchev–Trinajstić information content (AvgIpc) is 3.16. The van der Waals surface area contributed by atoms with Crippen LogP contribution in [0.3, 0.4) is 0 Å². The van der Waals surface area contributed by atoms with Gasteiger partial charge in [-0.05, 0) is 25.3 Å². The number of benzene rings is 1. The molecule has 2 atom stereocenters. The van der Waals surface area contributed by atoms with E-state index in [-0.39, 0.29) is 17.7 Å². The van der Waals surface area contributed by atoms with Gasteiger partial charge in [0.05, 0.1) is 5.69 Å². The second kappa shape index (κ2) is 6.45. The van der Waals surface area contributed by atoms with Gasteiger partial charge < -0.3 is 4.52 Å². The number of rotatable bonds is 5. The van der Waals surface area contributed by atoms with Gasteiger partial charge in [0, 0.05) is 24.6 Å². The molecule has 2 aromatic rings. The average molecular weight is 334 g/mol. The first-order chi connectivity index (χ1) is 11.0. The maximum Gasteiger partial charge on any atom is 0.220 e. The molecule has 0 unspecified atom stereocenters. The van der Waals surface area contributed by atoms with E-state index in [1.807, 2.05) is 0 Å². The SMILES string of the molecule is CC[C@H]1[C@H](c2ccc(C)cc2)CCN1S(=O)(=O)Cc1ccon1. The smallest absolute Gasteiger partial charge is 0.220 e. The predicted molar refractivity (Wildman–Crippen MR) is 88.4 cm³/mol. The Morgan fingerprint density at radius 2 is 2.00 bits per heavy atom. The van der Waals surface area contributed by atoms with E-state index >= 15 is 0 Å². The van der Waals surface area contributed by atoms with Crippen molar-refractivity contribution in [3.63, 3.8) is 0 Å². The van der Waals surface area contributed by atoms with E-state index in [1.165, 1.54) is 17.4 Å². The van der Waals surface area contributed by atoms with Crippen molar-refractivity contribution in [2.24, 2.45) is 0 Å². The monoisotopic (exact) mass is 334 g/mol. The van der Waals surface area contributed by atoms with Crippen LogP contribution in [0.1, 0.15) is 42.5 Å². The summed E-state index contributed by atoms with van der Waals surface area (Å²) in [7, 11) is -3.38. The molecule has 3 rings (SSSR count). The van der Waals surface area contributed by atoms with Gasteiger partial charge in [0.15, 0.2) is 0 Å². The van der Waals surface area contributed by atoms with Gasteiger partial charge >= 0.3 is 0 Å². The van der Waals surface area contributed by atoms with Crippen LogP contribution >= 0.6 is 0 Å². The molecule has 0 spiro atoms. The maximum atomic E-state index is 12.7. The first-order valence-electron chi connectivity index (χ1n) is 7.96. The Hall–Kier alpha value is -1.66. The third-order valence-electron chi connectivity index (χ3n) is 4.60. The molecular formula is C17H22N2O3S. The summed E-state index contributed by atoms with van der Waals surface area (Å²) in [5, 5.41) is 3.73. The van der Waals surface area contributed by atoms with Crippen LogP contribution in [0.15, 0.2) is 41.1 Å². The zero-order valence-electron chi connectivity index (χ0n) is 13.5. The summed E-state index contributed by atoms with van der Waals surface area (Å²) in [6, 6.07) is 10.0. The number of hydrogen-bond donors (Lipinski definition) is 0. The van der Waals surface area contributed by atoms with E-state index in [0.717, 1.165) is 12.8 Å². The summed E-state index contributed by atoms with van der Waals surface area (Å²) in [5.74, 6) is 0.161. The third-order valence-corrected chi connectivity index (χ3v) is 6.43. The largest absolute Gasteiger partial charge is 0.364 e. The predicted octanol–water partition coefficient (Wildman–Crippen LogP) is 3.08. The lowest BCUT2D eigenvalue weighted by Gasteiger charge is -2.26. The van der Waals surface area contributed by atoms with Crippen LogP contribution in [0.25, 0.3) is 0 Å². The Balaban J connectivity index is 1.82. The summed E-state index contributed by atoms with van der Waals surface area (Å²) in [5.41, 5.74) is 2.90. The molecule has 1 saturated heterocycles. The molecule has 0 saturated carbocycles. The van der Waals surface area contributed by atoms with E-state index in [9.17, 15) is 8.42 Å². The van der Waals surface area contributed by atoms with Crippen molar-refractivity contribution in [3.05, 3.63) is 53.4 Å². The van der Waals surface area contributed by atoms with E-state index in [0.29, 0.717) is 12.2 Å². The highest BCUT2D eigenvalue weighted by Crippen LogP contribution is 2.37. The maximum absolute atomic E-state index is 12.7. The molecule has 2 heterocycles. The van der Waals surface area contributed by atoms with E-state index in [4.69, 9.17) is 4.52 Å². The molecule has 23 heavy (non-hydrogen) atoms. The summed E-state index contributed by atoms with van der Waals surface area (Å²) >= 11 is 0. The van der Waals surface area contributed by atoms with Crippen LogP contribution in [-0.4, -0.2) is 30.5 Å². The molecule has 0 amide bonds. The van der Waals surface area contributed by atoms with Crippen molar-refractivity contribution in [1.29, 1.82) is 0 Å². The fourth-order valence-corrected chi connectivity index (χ4v) is 5.22. The summed E-state index contributed by atoms with van der Waals surface area (Å²) in [6.07, 6.45) is 3.07. The van der Waals surface area contributed by atoms with Crippen LogP contribution in [0.2, 0.25) is 0 Å². The van der Waals surface area contributed by atoms with Gasteiger partial charge in [-0.25, -0.2) is 8.42 Å². The second-order valence-corrected chi connectivity index (χ2v) is 8.06. The van der Waals surface area contributed by atoms with Crippen molar-refractivity contribution in [3.8, 4) is 0 Å². The Kier molecular flexibility index (Phi) is 4.55. The highest BCUT2D eigenvalue weighted by Gasteiger charge is 2.40. The number of aryl methyl sites for hydroxylation is 1. The van der Waals surface area contributed by atoms with Crippen molar-refractivity contribution in [2.45, 2.75) is 44.4 Å². The normalized spacial score (nSPS) is 22.5. The fraction of sp³-hybridized carbons (Fsp3) is 0.471. The van der Waals surface area contributed by atoms with Crippen LogP contribution < -0.4 is 0 Å². The minimum absolute atomic E-state index is 0.00890. The summed E-state index contributed by atoms with van der Waals surface area (Å²) < 4.78 is 31.9. The second-order valence-electron chi connectivity index (χ2n) is 6.14. The van der Waals surface area contributed by atoms with E-state index < -0.39 is 10.0 Å². The van der Waals surface area contributed by atoms with Crippen molar-refractivity contribution >= 4 is 10.0 Å². The fourth-order valence-electron chi connectivity index (χ4n) is 3.44. The van der Waals surface area contributed by atoms with Crippen LogP contribution in [0.5, 0.6) is 0 Å². The molecular weight excluding hydrogens is 312 g/mol. The lowest BCUT2D eigenvalue weighted by atomic mass is 9.90. The Labute approximate surface area is 137 Å². The van der Waals surface area contributed by atoms with E-state index in [2.05, 4.69) is 43.3 Å². The van der Waals surface area contributed by atoms with Gasteiger partial charge in [0.25, 0.3) is 0 Å². The number of hydrogen-bond acceptors (Lipinski definition) is 4. The molecule has 124 valence electrons. The Bertz CT molecular complexity index is 739. The lowest BCUT2D eigenvalue weighted by molar-refractivity contribution is 0.360. The molecule has 1 aliphatic heterocycles. The lowest BCUT2D eigenvalue weighted by Crippen LogP contribution is -2.37. The Morgan fingerprint density at radius 1 is 1.26 bits per heavy atom. The molecule has 0 aliphatic carbocycles. The molecule has 5 nitrogen and oxygen atoms in total. The zero-order chi connectivity index (χ0) is 16.4. The number of sulfonamides is 1. The van der Waals surface area contributed by atoms with Crippen molar-refractivity contribution < 1.29 is 12.9 Å². The van der Waals surface area contributed by atoms with Crippen LogP contribution in [0.4, 0.5) is 0 Å². The van der Waals surface area contributed by atoms with Gasteiger partial charge in [-0.15, -0.1) is 0 Å². The molecule has 0 radical (unpaired) electrons. The molecule has 1 aromatic carbocycles. The van der Waals surface area contributed by atoms with Gasteiger partial charge in [0.2, 0.25) is 10.0 Å². The topological polar surface area (TPSA) is 63.4 Å². The minimum Gasteiger partial charge on any atom is -0.364 e. The van der Waals surface area contributed by atoms with Crippen molar-refractivity contribution in [2.75, 3.05) is 6.54 Å². The molecule has 1 aliphatic rings. The van der Waals surface area contributed by atoms with Gasteiger partial charge in [-0.3, -0.25) is 0 Å². The van der Waals surface area contributed by atoms with Gasteiger partial charge in [-0.1, -0.05) is 41.9 Å². The Morgan fingerprint density at radius 3 is 2.61 bits per heavy atom. The van der Waals surface area contributed by atoms with Crippen molar-refractivity contribution in [1.82, 2.24) is 9.46 Å². The standard InChI is InChI=1S/C17H22N2O3S/c1-3-17-16(14-6-4-13(2)5-7-14)8-10-19(17)23(20,21)12-15-9-11-22-18-15/h4-7,9,11,16-17H,3,8,10,12H2,1-2H3/t16-,17-/m0/s1. The summed E-state index contributed by atoms with van der Waals surface area (Å²) in [4.78, 5) is 0. The minimum atomic E-state index is -3.38. The molecule has 1 fully saturated rings. The first kappa shape index (κ1) is 16.2. The van der Waals surface area contributed by atoms with Crippen LogP contribution in [0, 0.1) is 6.92 Å². The first-order valence-corrected chi connectivity index (χ1v) is 9.57. The quantitative estimate of drug-likeness (QED) is 0.843. The van der Waals surface area contributed by atoms with E-state index in [1.54, 1.807) is 10.4 Å². The molecule has 6 heteroatoms. The number of aromatic nitrogens is 1. The summed E-state index contributed by atoms with van der Waals surface area (Å²) in [6.45, 7) is 4.68.